The third kappa shape index (κ3) is 9.45. The summed E-state index contributed by atoms with van der Waals surface area (Å²) in [7, 11) is 1.85. The van der Waals surface area contributed by atoms with Crippen LogP contribution in [0.1, 0.15) is 65.1 Å². The van der Waals surface area contributed by atoms with Crippen molar-refractivity contribution in [1.29, 1.82) is 0 Å². The van der Waals surface area contributed by atoms with E-state index in [1.165, 1.54) is 25.7 Å². The van der Waals surface area contributed by atoms with Crippen LogP contribution in [0, 0.1) is 11.3 Å². The lowest BCUT2D eigenvalue weighted by Crippen LogP contribution is -2.43. The van der Waals surface area contributed by atoms with Crippen LogP contribution in [0.3, 0.4) is 0 Å². The van der Waals surface area contributed by atoms with E-state index >= 15 is 0 Å². The Morgan fingerprint density at radius 1 is 1.26 bits per heavy atom. The van der Waals surface area contributed by atoms with Crippen molar-refractivity contribution in [2.24, 2.45) is 16.3 Å². The Bertz CT molecular complexity index is 646. The van der Waals surface area contributed by atoms with E-state index in [4.69, 9.17) is 4.74 Å². The van der Waals surface area contributed by atoms with Crippen LogP contribution in [0.2, 0.25) is 0 Å². The van der Waals surface area contributed by atoms with Crippen LogP contribution in [0.25, 0.3) is 0 Å². The van der Waals surface area contributed by atoms with Gasteiger partial charge in [-0.15, -0.1) is 34.2 Å². The van der Waals surface area contributed by atoms with Gasteiger partial charge >= 0.3 is 0 Å². The van der Waals surface area contributed by atoms with Crippen molar-refractivity contribution in [2.75, 3.05) is 39.6 Å². The molecule has 9 heteroatoms. The number of nitrogens with zero attached hydrogens (tertiary/aromatic N) is 4. The van der Waals surface area contributed by atoms with Gasteiger partial charge in [-0.1, -0.05) is 38.5 Å². The number of halogens is 1. The van der Waals surface area contributed by atoms with E-state index in [9.17, 15) is 0 Å². The molecule has 0 unspecified atom stereocenters. The van der Waals surface area contributed by atoms with E-state index in [2.05, 4.69) is 57.4 Å². The van der Waals surface area contributed by atoms with Gasteiger partial charge in [-0.2, -0.15) is 0 Å². The second-order valence-electron chi connectivity index (χ2n) is 8.72. The summed E-state index contributed by atoms with van der Waals surface area (Å²) in [5.41, 5.74) is 0.355. The summed E-state index contributed by atoms with van der Waals surface area (Å²) in [4.78, 5) is 4.42. The van der Waals surface area contributed by atoms with Gasteiger partial charge in [-0.05, 0) is 50.2 Å². The average molecular weight is 567 g/mol. The summed E-state index contributed by atoms with van der Waals surface area (Å²) in [6, 6.07) is 0. The maximum absolute atomic E-state index is 5.63. The molecule has 7 nitrogen and oxygen atoms in total. The average Bonchev–Trinajstić information content (AvgIpc) is 3.35. The largest absolute Gasteiger partial charge is 0.382 e. The molecule has 0 aliphatic heterocycles. The van der Waals surface area contributed by atoms with Gasteiger partial charge in [0.1, 0.15) is 5.82 Å². The maximum atomic E-state index is 5.63. The zero-order valence-electron chi connectivity index (χ0n) is 20.1. The molecule has 1 fully saturated rings. The van der Waals surface area contributed by atoms with Crippen LogP contribution in [0.5, 0.6) is 0 Å². The first kappa shape index (κ1) is 28.5. The molecule has 31 heavy (non-hydrogen) atoms. The standard InChI is InChI=1S/C22H42N6OS.HI/c1-6-29-15-13-22(11-7-8-12-22)17-25-20(23-4)24-14-9-10-19-26-27-21(30-5)28(19)16-18(2)3;/h18H,6-17H2,1-5H3,(H2,23,24,25);1H. The number of guanidine groups is 1. The minimum atomic E-state index is 0. The number of ether oxygens (including phenoxy) is 1. The maximum Gasteiger partial charge on any atom is 0.190 e. The predicted molar refractivity (Wildman–Crippen MR) is 142 cm³/mol. The second-order valence-corrected chi connectivity index (χ2v) is 9.49. The summed E-state index contributed by atoms with van der Waals surface area (Å²) in [6.45, 7) is 11.0. The molecule has 0 radical (unpaired) electrons. The number of thioether (sulfide) groups is 1. The van der Waals surface area contributed by atoms with Crippen LogP contribution in [-0.2, 0) is 17.7 Å². The Hall–Kier alpha value is -0.550. The first-order valence-corrected chi connectivity index (χ1v) is 12.7. The zero-order valence-corrected chi connectivity index (χ0v) is 23.2. The number of nitrogens with one attached hydrogen (secondary N) is 2. The number of rotatable bonds is 13. The second kappa shape index (κ2) is 15.3. The Morgan fingerprint density at radius 2 is 2.00 bits per heavy atom. The molecule has 2 N–H and O–H groups in total. The van der Waals surface area contributed by atoms with Crippen LogP contribution < -0.4 is 10.6 Å². The Morgan fingerprint density at radius 3 is 2.61 bits per heavy atom. The highest BCUT2D eigenvalue weighted by molar-refractivity contribution is 14.0. The number of hydrogen-bond acceptors (Lipinski definition) is 5. The molecular weight excluding hydrogens is 523 g/mol. The van der Waals surface area contributed by atoms with Crippen LogP contribution >= 0.6 is 35.7 Å². The van der Waals surface area contributed by atoms with Crippen molar-refractivity contribution in [3.05, 3.63) is 5.82 Å². The lowest BCUT2D eigenvalue weighted by Gasteiger charge is -2.30. The number of hydrogen-bond donors (Lipinski definition) is 2. The van der Waals surface area contributed by atoms with Gasteiger partial charge in [-0.3, -0.25) is 4.99 Å². The molecular formula is C22H43IN6OS. The molecule has 1 heterocycles. The van der Waals surface area contributed by atoms with Crippen LogP contribution in [-0.4, -0.2) is 60.3 Å². The van der Waals surface area contributed by atoms with Gasteiger partial charge in [0.25, 0.3) is 0 Å². The van der Waals surface area contributed by atoms with E-state index < -0.39 is 0 Å². The van der Waals surface area contributed by atoms with Crippen molar-refractivity contribution in [3.8, 4) is 0 Å². The molecule has 1 aliphatic carbocycles. The van der Waals surface area contributed by atoms with Crippen molar-refractivity contribution in [2.45, 2.75) is 77.4 Å². The Labute approximate surface area is 210 Å². The molecule has 2 rings (SSSR count). The third-order valence-electron chi connectivity index (χ3n) is 5.89. The van der Waals surface area contributed by atoms with Crippen molar-refractivity contribution in [3.63, 3.8) is 0 Å². The van der Waals surface area contributed by atoms with Gasteiger partial charge in [0.05, 0.1) is 0 Å². The first-order valence-electron chi connectivity index (χ1n) is 11.5. The number of aryl methyl sites for hydroxylation is 1. The monoisotopic (exact) mass is 566 g/mol. The SMILES string of the molecule is CCOCCC1(CNC(=NC)NCCCc2nnc(SC)n2CC(C)C)CCCC1.I. The Kier molecular flexibility index (Phi) is 14.1. The van der Waals surface area contributed by atoms with Crippen LogP contribution in [0.15, 0.2) is 10.1 Å². The summed E-state index contributed by atoms with van der Waals surface area (Å²) >= 11 is 1.67. The Balaban J connectivity index is 0.00000480. The summed E-state index contributed by atoms with van der Waals surface area (Å²) < 4.78 is 7.90. The molecule has 180 valence electrons. The van der Waals surface area contributed by atoms with Crippen molar-refractivity contribution in [1.82, 2.24) is 25.4 Å². The molecule has 1 aromatic rings. The minimum absolute atomic E-state index is 0. The highest BCUT2D eigenvalue weighted by atomic mass is 127. The van der Waals surface area contributed by atoms with Crippen molar-refractivity contribution >= 4 is 41.7 Å². The molecule has 0 atom stereocenters. The van der Waals surface area contributed by atoms with Crippen LogP contribution in [0.4, 0.5) is 0 Å². The molecule has 1 aromatic heterocycles. The van der Waals surface area contributed by atoms with Gasteiger partial charge in [0.15, 0.2) is 11.1 Å². The van der Waals surface area contributed by atoms with E-state index in [1.54, 1.807) is 11.8 Å². The van der Waals surface area contributed by atoms with E-state index in [-0.39, 0.29) is 24.0 Å². The molecule has 1 aliphatic rings. The summed E-state index contributed by atoms with van der Waals surface area (Å²) in [5, 5.41) is 16.8. The van der Waals surface area contributed by atoms with E-state index in [0.29, 0.717) is 11.3 Å². The molecule has 1 saturated carbocycles. The smallest absolute Gasteiger partial charge is 0.190 e. The fourth-order valence-corrected chi connectivity index (χ4v) is 4.74. The fourth-order valence-electron chi connectivity index (χ4n) is 4.22. The van der Waals surface area contributed by atoms with E-state index in [1.807, 2.05) is 7.05 Å². The van der Waals surface area contributed by atoms with Gasteiger partial charge in [0, 0.05) is 46.3 Å². The molecule has 0 bridgehead atoms. The normalized spacial score (nSPS) is 15.9. The lowest BCUT2D eigenvalue weighted by molar-refractivity contribution is 0.105. The molecule has 0 amide bonds. The van der Waals surface area contributed by atoms with E-state index in [0.717, 1.165) is 69.1 Å². The summed E-state index contributed by atoms with van der Waals surface area (Å²) in [5.74, 6) is 2.56. The number of aliphatic imine (C=N–C) groups is 1. The fraction of sp³-hybridized carbons (Fsp3) is 0.864. The molecule has 0 aromatic carbocycles. The minimum Gasteiger partial charge on any atom is -0.382 e. The quantitative estimate of drug-likeness (QED) is 0.122. The summed E-state index contributed by atoms with van der Waals surface area (Å²) in [6.07, 6.45) is 10.3. The topological polar surface area (TPSA) is 76.4 Å². The highest BCUT2D eigenvalue weighted by Gasteiger charge is 2.33. The lowest BCUT2D eigenvalue weighted by atomic mass is 9.83. The van der Waals surface area contributed by atoms with Crippen molar-refractivity contribution < 1.29 is 4.74 Å². The third-order valence-corrected chi connectivity index (χ3v) is 6.56. The highest BCUT2D eigenvalue weighted by Crippen LogP contribution is 2.40. The molecule has 0 spiro atoms. The zero-order chi connectivity index (χ0) is 21.8. The van der Waals surface area contributed by atoms with Gasteiger partial charge in [0.2, 0.25) is 0 Å². The van der Waals surface area contributed by atoms with Gasteiger partial charge < -0.3 is 19.9 Å². The predicted octanol–water partition coefficient (Wildman–Crippen LogP) is 4.36. The van der Waals surface area contributed by atoms with Gasteiger partial charge in [-0.25, -0.2) is 0 Å². The molecule has 0 saturated heterocycles. The number of aromatic nitrogens is 3. The first-order chi connectivity index (χ1) is 14.5.